The molecule has 2 aromatic carbocycles. The van der Waals surface area contributed by atoms with Crippen molar-refractivity contribution in [1.82, 2.24) is 15.1 Å². The number of halogens is 1. The van der Waals surface area contributed by atoms with Gasteiger partial charge in [0.15, 0.2) is 0 Å². The van der Waals surface area contributed by atoms with Crippen LogP contribution in [0.25, 0.3) is 0 Å². The van der Waals surface area contributed by atoms with Gasteiger partial charge in [0.05, 0.1) is 25.0 Å². The average Bonchev–Trinajstić information content (AvgIpc) is 3.73. The molecule has 1 aromatic heterocycles. The summed E-state index contributed by atoms with van der Waals surface area (Å²) in [5.74, 6) is 1.79. The number of ether oxygens (including phenoxy) is 2. The zero-order valence-corrected chi connectivity index (χ0v) is 25.5. The molecule has 0 bridgehead atoms. The minimum Gasteiger partial charge on any atom is -0.496 e. The molecular weight excluding hydrogens is 554 g/mol. The number of nitrogens with one attached hydrogen (secondary N) is 2. The number of rotatable bonds is 14. The van der Waals surface area contributed by atoms with Gasteiger partial charge in [-0.2, -0.15) is 5.10 Å². The summed E-state index contributed by atoms with van der Waals surface area (Å²) < 4.78 is 26.7. The van der Waals surface area contributed by atoms with Gasteiger partial charge in [0.2, 0.25) is 0 Å². The van der Waals surface area contributed by atoms with Gasteiger partial charge in [-0.1, -0.05) is 46.3 Å². The van der Waals surface area contributed by atoms with Crippen LogP contribution in [0.2, 0.25) is 0 Å². The Labute approximate surface area is 248 Å². The summed E-state index contributed by atoms with van der Waals surface area (Å²) in [6.45, 7) is 2.65. The van der Waals surface area contributed by atoms with Crippen molar-refractivity contribution in [3.05, 3.63) is 70.9 Å². The number of hydrogen-bond donors (Lipinski definition) is 2. The number of methoxy groups -OCH3 is 1. The highest BCUT2D eigenvalue weighted by molar-refractivity contribution is 7.18. The van der Waals surface area contributed by atoms with E-state index in [1.807, 2.05) is 30.3 Å². The maximum Gasteiger partial charge on any atom is 0.260 e. The number of aryl methyl sites for hydroxylation is 2. The first kappa shape index (κ1) is 30.0. The van der Waals surface area contributed by atoms with Crippen molar-refractivity contribution >= 4 is 26.9 Å². The fourth-order valence-electron chi connectivity index (χ4n) is 5.36. The number of nitrogens with zero attached hydrogens (tertiary/aromatic N) is 2. The van der Waals surface area contributed by atoms with Gasteiger partial charge in [0, 0.05) is 19.0 Å². The molecule has 0 radical (unpaired) electrons. The number of fused-ring (bicyclic) bond motifs is 1. The number of carbonyl (C=O) groups excluding carboxylic acids is 2. The molecule has 2 N–H and O–H groups in total. The SMILES string of the molecule is COc1ccccc1C(=O)Nc1c2c(nn1CCC1CC1)C[C@H](CCc1cccc(OCCCC(C)(F)P)c1)NC2=O. The molecule has 8 nitrogen and oxygen atoms in total. The minimum absolute atomic E-state index is 0.0802. The molecule has 3 atom stereocenters. The van der Waals surface area contributed by atoms with E-state index in [1.54, 1.807) is 29.8 Å². The van der Waals surface area contributed by atoms with E-state index in [2.05, 4.69) is 19.9 Å². The van der Waals surface area contributed by atoms with E-state index in [0.29, 0.717) is 66.7 Å². The summed E-state index contributed by atoms with van der Waals surface area (Å²) in [6.07, 6.45) is 6.52. The number of hydrogen-bond acceptors (Lipinski definition) is 5. The van der Waals surface area contributed by atoms with Crippen LogP contribution >= 0.6 is 9.24 Å². The molecule has 224 valence electrons. The second-order valence-corrected chi connectivity index (χ2v) is 12.8. The first-order valence-corrected chi connectivity index (χ1v) is 15.3. The average molecular weight is 595 g/mol. The van der Waals surface area contributed by atoms with E-state index in [4.69, 9.17) is 14.6 Å². The van der Waals surface area contributed by atoms with Crippen LogP contribution in [0.15, 0.2) is 48.5 Å². The standard InChI is InChI=1S/C32H40FN4O4P/c1-32(33,42)16-6-18-41-24-8-5-7-22(19-24)13-14-23-20-26-28(31(39)34-23)29(37(36-26)17-15-21-11-12-21)35-30(38)25-9-3-4-10-27(25)40-2/h3-5,7-10,19,21,23H,6,11-18,20,42H2,1-2H3,(H,34,39)(H,35,38)/t23-,32?/m0/s1. The molecule has 2 heterocycles. The predicted molar refractivity (Wildman–Crippen MR) is 164 cm³/mol. The van der Waals surface area contributed by atoms with E-state index >= 15 is 0 Å². The van der Waals surface area contributed by atoms with Crippen molar-refractivity contribution in [3.63, 3.8) is 0 Å². The Morgan fingerprint density at radius 1 is 1.21 bits per heavy atom. The molecule has 1 aliphatic heterocycles. The smallest absolute Gasteiger partial charge is 0.260 e. The Bertz CT molecular complexity index is 1420. The molecule has 0 saturated heterocycles. The Kier molecular flexibility index (Phi) is 9.47. The maximum atomic E-state index is 13.7. The fourth-order valence-corrected chi connectivity index (χ4v) is 5.56. The molecule has 10 heteroatoms. The van der Waals surface area contributed by atoms with Crippen molar-refractivity contribution in [3.8, 4) is 11.5 Å². The molecular formula is C32H40FN4O4P. The third kappa shape index (κ3) is 7.88. The first-order valence-electron chi connectivity index (χ1n) is 14.7. The predicted octanol–water partition coefficient (Wildman–Crippen LogP) is 5.95. The lowest BCUT2D eigenvalue weighted by molar-refractivity contribution is 0.0923. The van der Waals surface area contributed by atoms with E-state index in [-0.39, 0.29) is 17.9 Å². The van der Waals surface area contributed by atoms with Crippen molar-refractivity contribution in [2.75, 3.05) is 19.0 Å². The largest absolute Gasteiger partial charge is 0.496 e. The lowest BCUT2D eigenvalue weighted by atomic mass is 9.96. The molecule has 1 aliphatic carbocycles. The summed E-state index contributed by atoms with van der Waals surface area (Å²) in [6, 6.07) is 14.9. The molecule has 42 heavy (non-hydrogen) atoms. The Hall–Kier alpha value is -3.45. The summed E-state index contributed by atoms with van der Waals surface area (Å²) in [7, 11) is 3.75. The van der Waals surface area contributed by atoms with Crippen LogP contribution in [0, 0.1) is 5.92 Å². The number of alkyl halides is 1. The Morgan fingerprint density at radius 2 is 2.02 bits per heavy atom. The van der Waals surface area contributed by atoms with Crippen molar-refractivity contribution in [2.45, 2.75) is 76.3 Å². The molecule has 1 fully saturated rings. The van der Waals surface area contributed by atoms with Crippen LogP contribution in [0.4, 0.5) is 10.2 Å². The number of benzene rings is 2. The van der Waals surface area contributed by atoms with Crippen LogP contribution in [-0.2, 0) is 19.4 Å². The summed E-state index contributed by atoms with van der Waals surface area (Å²) in [4.78, 5) is 26.7. The van der Waals surface area contributed by atoms with Gasteiger partial charge in [-0.25, -0.2) is 9.07 Å². The van der Waals surface area contributed by atoms with Crippen LogP contribution in [0.1, 0.15) is 77.4 Å². The van der Waals surface area contributed by atoms with Gasteiger partial charge in [0.25, 0.3) is 11.8 Å². The number of para-hydroxylation sites is 1. The molecule has 0 spiro atoms. The highest BCUT2D eigenvalue weighted by Crippen LogP contribution is 2.34. The first-order chi connectivity index (χ1) is 20.2. The van der Waals surface area contributed by atoms with E-state index < -0.39 is 5.41 Å². The van der Waals surface area contributed by atoms with Crippen LogP contribution < -0.4 is 20.1 Å². The van der Waals surface area contributed by atoms with Crippen molar-refractivity contribution < 1.29 is 23.5 Å². The topological polar surface area (TPSA) is 94.5 Å². The molecule has 2 unspecified atom stereocenters. The van der Waals surface area contributed by atoms with Crippen LogP contribution in [-0.4, -0.2) is 46.8 Å². The van der Waals surface area contributed by atoms with Gasteiger partial charge >= 0.3 is 0 Å². The van der Waals surface area contributed by atoms with Gasteiger partial charge < -0.3 is 20.1 Å². The lowest BCUT2D eigenvalue weighted by Crippen LogP contribution is -2.41. The number of carbonyl (C=O) groups is 2. The zero-order valence-electron chi connectivity index (χ0n) is 24.3. The van der Waals surface area contributed by atoms with Gasteiger partial charge in [0.1, 0.15) is 28.3 Å². The minimum atomic E-state index is -1.27. The molecule has 2 aliphatic rings. The van der Waals surface area contributed by atoms with E-state index in [1.165, 1.54) is 20.0 Å². The van der Waals surface area contributed by atoms with Gasteiger partial charge in [-0.3, -0.25) is 9.59 Å². The molecule has 2 amide bonds. The van der Waals surface area contributed by atoms with Crippen molar-refractivity contribution in [2.24, 2.45) is 5.92 Å². The molecule has 1 saturated carbocycles. The van der Waals surface area contributed by atoms with Gasteiger partial charge in [-0.05, 0) is 74.8 Å². The van der Waals surface area contributed by atoms with E-state index in [0.717, 1.165) is 30.6 Å². The summed E-state index contributed by atoms with van der Waals surface area (Å²) in [5.41, 5.74) is 2.65. The summed E-state index contributed by atoms with van der Waals surface area (Å²) >= 11 is 0. The summed E-state index contributed by atoms with van der Waals surface area (Å²) in [5, 5.41) is 9.68. The van der Waals surface area contributed by atoms with Crippen LogP contribution in [0.3, 0.4) is 0 Å². The fraction of sp³-hybridized carbons (Fsp3) is 0.469. The Balaban J connectivity index is 1.25. The lowest BCUT2D eigenvalue weighted by Gasteiger charge is -2.23. The monoisotopic (exact) mass is 594 g/mol. The van der Waals surface area contributed by atoms with Crippen molar-refractivity contribution in [1.29, 1.82) is 0 Å². The Morgan fingerprint density at radius 3 is 2.79 bits per heavy atom. The molecule has 5 rings (SSSR count). The second-order valence-electron chi connectivity index (χ2n) is 11.6. The highest BCUT2D eigenvalue weighted by Gasteiger charge is 2.33. The second kappa shape index (κ2) is 13.2. The maximum absolute atomic E-state index is 13.7. The quantitative estimate of drug-likeness (QED) is 0.178. The normalized spacial score (nSPS) is 17.6. The number of amides is 2. The number of anilines is 1. The highest BCUT2D eigenvalue weighted by atomic mass is 31.0. The zero-order chi connectivity index (χ0) is 29.7. The van der Waals surface area contributed by atoms with E-state index in [9.17, 15) is 14.0 Å². The third-order valence-corrected chi connectivity index (χ3v) is 8.10. The van der Waals surface area contributed by atoms with Gasteiger partial charge in [-0.15, -0.1) is 0 Å². The van der Waals surface area contributed by atoms with Crippen LogP contribution in [0.5, 0.6) is 11.5 Å². The molecule has 3 aromatic rings. The third-order valence-electron chi connectivity index (χ3n) is 7.82. The number of aromatic nitrogens is 2.